The van der Waals surface area contributed by atoms with Crippen molar-refractivity contribution in [2.75, 3.05) is 0 Å². The van der Waals surface area contributed by atoms with Gasteiger partial charge in [0.05, 0.1) is 0 Å². The van der Waals surface area contributed by atoms with Crippen molar-refractivity contribution in [3.63, 3.8) is 0 Å². The molecule has 0 atom stereocenters. The number of aryl methyl sites for hydroxylation is 1. The number of hydrogen-bond acceptors (Lipinski definition) is 0. The largest absolute Gasteiger partial charge is 0.0622 e. The van der Waals surface area contributed by atoms with Crippen LogP contribution < -0.4 is 0 Å². The van der Waals surface area contributed by atoms with Gasteiger partial charge in [0.2, 0.25) is 0 Å². The van der Waals surface area contributed by atoms with Gasteiger partial charge in [-0.15, -0.1) is 0 Å². The number of fused-ring (bicyclic) bond motifs is 4. The molecule has 0 aromatic heterocycles. The van der Waals surface area contributed by atoms with Gasteiger partial charge in [0.1, 0.15) is 0 Å². The van der Waals surface area contributed by atoms with Crippen LogP contribution in [-0.4, -0.2) is 0 Å². The van der Waals surface area contributed by atoms with Gasteiger partial charge in [-0.1, -0.05) is 127 Å². The predicted octanol–water partition coefficient (Wildman–Crippen LogP) is 10.9. The van der Waals surface area contributed by atoms with Crippen molar-refractivity contribution in [1.82, 2.24) is 0 Å². The summed E-state index contributed by atoms with van der Waals surface area (Å²) in [5, 5.41) is 5.20. The van der Waals surface area contributed by atoms with Gasteiger partial charge >= 0.3 is 0 Å². The Hall–Kier alpha value is -4.94. The fraction of sp³-hybridized carbons (Fsp3) is 0.0256. The third kappa shape index (κ3) is 3.46. The maximum Gasteiger partial charge on any atom is -0.00201 e. The summed E-state index contributed by atoms with van der Waals surface area (Å²) in [7, 11) is 0. The molecule has 0 saturated carbocycles. The van der Waals surface area contributed by atoms with Crippen molar-refractivity contribution in [2.45, 2.75) is 6.92 Å². The van der Waals surface area contributed by atoms with Gasteiger partial charge in [0, 0.05) is 0 Å². The monoisotopic (exact) mass is 494 g/mol. The highest BCUT2D eigenvalue weighted by Gasteiger charge is 2.24. The molecular weight excluding hydrogens is 468 g/mol. The minimum atomic E-state index is 1.24. The molecule has 0 radical (unpaired) electrons. The zero-order valence-electron chi connectivity index (χ0n) is 21.8. The number of hydrogen-bond donors (Lipinski definition) is 0. The fourth-order valence-corrected chi connectivity index (χ4v) is 6.34. The Morgan fingerprint density at radius 1 is 0.333 bits per heavy atom. The SMILES string of the molecule is Cc1ccc(-c2ccc3c(c2)-c2cccc4c(-c5cc6ccccc6cc5-c5ccccc5)ccc-3c24)cc1. The Morgan fingerprint density at radius 3 is 1.74 bits per heavy atom. The van der Waals surface area contributed by atoms with Crippen LogP contribution in [0.15, 0.2) is 140 Å². The van der Waals surface area contributed by atoms with Crippen LogP contribution in [0.4, 0.5) is 0 Å². The molecule has 1 aliphatic rings. The lowest BCUT2D eigenvalue weighted by Crippen LogP contribution is -1.89. The van der Waals surface area contributed by atoms with E-state index in [0.717, 1.165) is 0 Å². The molecule has 7 aromatic carbocycles. The Kier molecular flexibility index (Phi) is 4.84. The topological polar surface area (TPSA) is 0 Å². The Labute approximate surface area is 228 Å². The van der Waals surface area contributed by atoms with Crippen LogP contribution >= 0.6 is 0 Å². The van der Waals surface area contributed by atoms with Gasteiger partial charge in [-0.05, 0) is 102 Å². The molecule has 0 spiro atoms. The lowest BCUT2D eigenvalue weighted by molar-refractivity contribution is 1.47. The van der Waals surface area contributed by atoms with Crippen LogP contribution in [0.25, 0.3) is 77.2 Å². The number of benzene rings is 7. The lowest BCUT2D eigenvalue weighted by atomic mass is 9.88. The van der Waals surface area contributed by atoms with E-state index in [1.807, 2.05) is 0 Å². The molecule has 0 fully saturated rings. The second kappa shape index (κ2) is 8.55. The number of rotatable bonds is 3. The molecule has 0 heterocycles. The molecular formula is C39H26. The van der Waals surface area contributed by atoms with E-state index in [1.54, 1.807) is 0 Å². The average Bonchev–Trinajstić information content (AvgIpc) is 3.32. The molecule has 0 unspecified atom stereocenters. The minimum absolute atomic E-state index is 1.24. The summed E-state index contributed by atoms with van der Waals surface area (Å²) in [4.78, 5) is 0. The van der Waals surface area contributed by atoms with Crippen molar-refractivity contribution in [3.8, 4) is 55.6 Å². The van der Waals surface area contributed by atoms with Crippen LogP contribution in [0.5, 0.6) is 0 Å². The molecule has 0 nitrogen and oxygen atoms in total. The molecule has 1 aliphatic carbocycles. The van der Waals surface area contributed by atoms with Crippen LogP contribution in [0.1, 0.15) is 5.56 Å². The Balaban J connectivity index is 1.37. The summed E-state index contributed by atoms with van der Waals surface area (Å²) in [5.74, 6) is 0. The van der Waals surface area contributed by atoms with E-state index in [9.17, 15) is 0 Å². The van der Waals surface area contributed by atoms with Crippen molar-refractivity contribution in [3.05, 3.63) is 145 Å². The quantitative estimate of drug-likeness (QED) is 0.229. The summed E-state index contributed by atoms with van der Waals surface area (Å²) in [6.07, 6.45) is 0. The third-order valence-corrected chi connectivity index (χ3v) is 8.29. The van der Waals surface area contributed by atoms with Gasteiger partial charge in [-0.3, -0.25) is 0 Å². The van der Waals surface area contributed by atoms with E-state index in [-0.39, 0.29) is 0 Å². The van der Waals surface area contributed by atoms with Crippen molar-refractivity contribution in [2.24, 2.45) is 0 Å². The summed E-state index contributed by atoms with van der Waals surface area (Å²) < 4.78 is 0. The first kappa shape index (κ1) is 22.1. The van der Waals surface area contributed by atoms with Crippen molar-refractivity contribution >= 4 is 21.5 Å². The highest BCUT2D eigenvalue weighted by atomic mass is 14.3. The molecule has 0 bridgehead atoms. The zero-order valence-corrected chi connectivity index (χ0v) is 21.8. The van der Waals surface area contributed by atoms with Gasteiger partial charge in [-0.25, -0.2) is 0 Å². The lowest BCUT2D eigenvalue weighted by Gasteiger charge is -2.16. The van der Waals surface area contributed by atoms with Crippen LogP contribution in [0.3, 0.4) is 0 Å². The van der Waals surface area contributed by atoms with E-state index in [4.69, 9.17) is 0 Å². The van der Waals surface area contributed by atoms with Crippen molar-refractivity contribution in [1.29, 1.82) is 0 Å². The summed E-state index contributed by atoms with van der Waals surface area (Å²) in [6.45, 7) is 2.14. The first-order valence-electron chi connectivity index (χ1n) is 13.6. The van der Waals surface area contributed by atoms with Crippen LogP contribution in [0.2, 0.25) is 0 Å². The molecule has 0 amide bonds. The fourth-order valence-electron chi connectivity index (χ4n) is 6.34. The molecule has 0 N–H and O–H groups in total. The second-order valence-electron chi connectivity index (χ2n) is 10.6. The maximum atomic E-state index is 2.37. The van der Waals surface area contributed by atoms with E-state index >= 15 is 0 Å². The maximum absolute atomic E-state index is 2.37. The standard InChI is InChI=1S/C39H26/c1-25-14-16-26(17-15-25)30-18-19-31-35-21-20-32(33-12-7-13-34(39(33)35)37(31)24-30)38-23-29-11-6-5-10-28(29)22-36(38)27-8-3-2-4-9-27/h2-24H,1H3. The summed E-state index contributed by atoms with van der Waals surface area (Å²) >= 11 is 0. The first-order chi connectivity index (χ1) is 19.2. The van der Waals surface area contributed by atoms with E-state index in [2.05, 4.69) is 146 Å². The molecule has 8 rings (SSSR count). The van der Waals surface area contributed by atoms with E-state index in [0.29, 0.717) is 0 Å². The van der Waals surface area contributed by atoms with Crippen LogP contribution in [-0.2, 0) is 0 Å². The average molecular weight is 495 g/mol. The van der Waals surface area contributed by atoms with E-state index in [1.165, 1.54) is 82.7 Å². The summed E-state index contributed by atoms with van der Waals surface area (Å²) in [6, 6.07) is 51.5. The minimum Gasteiger partial charge on any atom is -0.0622 e. The smallest absolute Gasteiger partial charge is 0.00201 e. The highest BCUT2D eigenvalue weighted by Crippen LogP contribution is 2.51. The molecule has 0 aliphatic heterocycles. The van der Waals surface area contributed by atoms with Gasteiger partial charge in [0.25, 0.3) is 0 Å². The molecule has 39 heavy (non-hydrogen) atoms. The van der Waals surface area contributed by atoms with Crippen molar-refractivity contribution < 1.29 is 0 Å². The van der Waals surface area contributed by atoms with E-state index < -0.39 is 0 Å². The molecule has 182 valence electrons. The third-order valence-electron chi connectivity index (χ3n) is 8.29. The van der Waals surface area contributed by atoms with Gasteiger partial charge < -0.3 is 0 Å². The zero-order chi connectivity index (χ0) is 25.9. The van der Waals surface area contributed by atoms with Crippen LogP contribution in [0, 0.1) is 6.92 Å². The highest BCUT2D eigenvalue weighted by molar-refractivity contribution is 6.20. The summed E-state index contributed by atoms with van der Waals surface area (Å²) in [5.41, 5.74) is 14.2. The first-order valence-corrected chi connectivity index (χ1v) is 13.6. The predicted molar refractivity (Wildman–Crippen MR) is 167 cm³/mol. The van der Waals surface area contributed by atoms with Gasteiger partial charge in [0.15, 0.2) is 0 Å². The molecule has 7 aromatic rings. The Bertz CT molecular complexity index is 2040. The normalized spacial score (nSPS) is 11.7. The molecule has 0 saturated heterocycles. The molecule has 0 heteroatoms. The second-order valence-corrected chi connectivity index (χ2v) is 10.6. The Morgan fingerprint density at radius 2 is 0.949 bits per heavy atom. The van der Waals surface area contributed by atoms with Gasteiger partial charge in [-0.2, -0.15) is 0 Å².